The van der Waals surface area contributed by atoms with Gasteiger partial charge in [0.25, 0.3) is 0 Å². The number of nitrogens with zero attached hydrogens (tertiary/aromatic N) is 8. The number of benzene rings is 6. The number of nitrogens with two attached hydrogens (primary N) is 1. The highest BCUT2D eigenvalue weighted by Gasteiger charge is 2.49. The molecule has 490 valence electrons. The average Bonchev–Trinajstić information content (AvgIpc) is 1.11. The van der Waals surface area contributed by atoms with Crippen LogP contribution >= 0.6 is 29.9 Å². The average molecular weight is 1370 g/mol. The molecule has 94 heavy (non-hydrogen) atoms. The third kappa shape index (κ3) is 13.3. The van der Waals surface area contributed by atoms with Crippen LogP contribution in [0.3, 0.4) is 0 Å². The molecule has 4 N–H and O–H groups in total. The van der Waals surface area contributed by atoms with E-state index in [1.54, 1.807) is 50.2 Å². The maximum Gasteiger partial charge on any atom is 0.324 e. The Kier molecular flexibility index (Phi) is 19.2. The van der Waals surface area contributed by atoms with Gasteiger partial charge in [0.2, 0.25) is 10.6 Å². The van der Waals surface area contributed by atoms with Crippen LogP contribution in [-0.2, 0) is 50.6 Å². The normalized spacial score (nSPS) is 19.3. The minimum absolute atomic E-state index is 0.0567. The molecule has 0 spiro atoms. The smallest absolute Gasteiger partial charge is 0.324 e. The topological polar surface area (TPSA) is 238 Å². The Morgan fingerprint density at radius 1 is 0.585 bits per heavy atom. The molecule has 4 aromatic heterocycles. The number of hydrogen-bond donors (Lipinski definition) is 3. The van der Waals surface area contributed by atoms with E-state index in [9.17, 15) is 4.89 Å². The Hall–Kier alpha value is -7.61. The van der Waals surface area contributed by atoms with Gasteiger partial charge in [-0.3, -0.25) is 9.13 Å². The molecular weight excluding hydrogens is 1290 g/mol. The second kappa shape index (κ2) is 27.2. The molecule has 10 aromatic rings. The Bertz CT molecular complexity index is 4220. The van der Waals surface area contributed by atoms with Crippen molar-refractivity contribution >= 4 is 84.0 Å². The van der Waals surface area contributed by atoms with Crippen molar-refractivity contribution in [2.24, 2.45) is 0 Å². The first-order valence-electron chi connectivity index (χ1n) is 30.5. The Morgan fingerprint density at radius 2 is 1.00 bits per heavy atom. The summed E-state index contributed by atoms with van der Waals surface area (Å²) in [6.45, 7) is 6.34. The number of rotatable bonds is 24. The number of anilines is 2. The number of nitrogen functional groups attached to an aromatic ring is 1. The van der Waals surface area contributed by atoms with E-state index in [4.69, 9.17) is 102 Å². The summed E-state index contributed by atoms with van der Waals surface area (Å²) in [6, 6.07) is 51.1. The molecule has 0 aliphatic carbocycles. The monoisotopic (exact) mass is 1370 g/mol. The fraction of sp³-hybridized carbons (Fsp3) is 0.324. The Morgan fingerprint density at radius 3 is 1.49 bits per heavy atom. The highest BCUT2D eigenvalue weighted by atomic mass is 35.5. The Labute approximate surface area is 561 Å². The summed E-state index contributed by atoms with van der Waals surface area (Å²) < 4.78 is 67.9. The number of halogens is 2. The van der Waals surface area contributed by atoms with Gasteiger partial charge in [-0.15, -0.1) is 0 Å². The fourth-order valence-electron chi connectivity index (χ4n) is 12.0. The first kappa shape index (κ1) is 66.4. The first-order valence-corrected chi connectivity index (χ1v) is 36.7. The molecule has 0 bridgehead atoms. The number of aromatic nitrogens is 8. The lowest BCUT2D eigenvalue weighted by atomic mass is 9.77. The van der Waals surface area contributed by atoms with E-state index in [0.29, 0.717) is 51.1 Å². The van der Waals surface area contributed by atoms with E-state index in [2.05, 4.69) is 54.1 Å². The van der Waals surface area contributed by atoms with Gasteiger partial charge in [0.15, 0.2) is 36.8 Å². The molecule has 0 amide bonds. The van der Waals surface area contributed by atoms with Crippen molar-refractivity contribution in [3.8, 4) is 23.0 Å². The van der Waals surface area contributed by atoms with Crippen molar-refractivity contribution in [3.05, 3.63) is 214 Å². The zero-order valence-corrected chi connectivity index (χ0v) is 57.5. The van der Waals surface area contributed by atoms with Crippen molar-refractivity contribution in [1.82, 2.24) is 39.0 Å². The standard InChI is InChI=1S/C68H73Cl2N10O11PSSi/c1-66(2,3)94(8,9)87-39-55-53(37-57(89-55)79-40-72-58-60(71)74-64(69)76-62(58)79)91-92(81,93)86-38-54-52(90-68(45-18-14-11-15-19-45,46-24-32-50(84-6)33-25-46)47-26-34-51(85-7)35-27-47)36-56(88-54)80-41-73-59-61(75-65(70)77-63(59)80)78-67(42-16-12-10-13-17-42,43-20-28-48(82-4)29-21-43)44-22-30-49(83-5)31-23-44/h10-35,40-41,52-57H,36-39H2,1-9H3,(H,81,93)(H2,71,74,76)(H,75,77,78)/t52-,53-,54-,55-,56-,57-,92?/m1/s1. The van der Waals surface area contributed by atoms with Gasteiger partial charge < -0.3 is 62.6 Å². The minimum Gasteiger partial charge on any atom is -0.497 e. The van der Waals surface area contributed by atoms with Crippen molar-refractivity contribution in [1.29, 1.82) is 0 Å². The summed E-state index contributed by atoms with van der Waals surface area (Å²) in [6.07, 6.45) is -1.43. The summed E-state index contributed by atoms with van der Waals surface area (Å²) in [4.78, 5) is 40.3. The van der Waals surface area contributed by atoms with Crippen molar-refractivity contribution in [3.63, 3.8) is 0 Å². The summed E-state index contributed by atoms with van der Waals surface area (Å²) >= 11 is 19.4. The van der Waals surface area contributed by atoms with E-state index in [1.165, 1.54) is 0 Å². The van der Waals surface area contributed by atoms with Gasteiger partial charge in [0.1, 0.15) is 64.3 Å². The van der Waals surface area contributed by atoms with E-state index in [1.807, 2.05) is 158 Å². The predicted octanol–water partition coefficient (Wildman–Crippen LogP) is 13.6. The zero-order valence-electron chi connectivity index (χ0n) is 53.3. The highest BCUT2D eigenvalue weighted by Crippen LogP contribution is 2.52. The molecule has 21 nitrogen and oxygen atoms in total. The van der Waals surface area contributed by atoms with E-state index < -0.39 is 63.0 Å². The van der Waals surface area contributed by atoms with Gasteiger partial charge >= 0.3 is 6.72 Å². The minimum atomic E-state index is -4.23. The van der Waals surface area contributed by atoms with Gasteiger partial charge in [0, 0.05) is 12.8 Å². The van der Waals surface area contributed by atoms with Gasteiger partial charge in [0.05, 0.1) is 66.5 Å². The SMILES string of the molecule is COc1ccc(C(Nc2nc(Cl)nc3c2ncn3[C@H]2C[C@@H](OC(c3ccccc3)(c3ccc(OC)cc3)c3ccc(OC)cc3)[C@@H](COP(O)(=S)O[C@@H]3C[C@H](n4cnc5c(N)nc(Cl)nc54)O[C@@H]3CO[Si](C)(C)C(C)(C)C)O2)(c2ccccc2)c2ccc(OC)cc2)cc1. The van der Waals surface area contributed by atoms with E-state index in [-0.39, 0.29) is 47.5 Å². The molecular formula is C68H73Cl2N10O11PSSi. The highest BCUT2D eigenvalue weighted by molar-refractivity contribution is 8.07. The number of hydrogen-bond acceptors (Lipinski definition) is 19. The van der Waals surface area contributed by atoms with E-state index in [0.717, 1.165) is 33.4 Å². The van der Waals surface area contributed by atoms with Crippen LogP contribution in [0.2, 0.25) is 28.7 Å². The van der Waals surface area contributed by atoms with Crippen molar-refractivity contribution < 1.29 is 51.5 Å². The maximum atomic E-state index is 12.5. The van der Waals surface area contributed by atoms with Gasteiger partial charge in [-0.05, 0) is 135 Å². The number of methoxy groups -OCH3 is 4. The molecule has 7 atom stereocenters. The molecule has 12 rings (SSSR count). The molecule has 2 aliphatic heterocycles. The summed E-state index contributed by atoms with van der Waals surface area (Å²) in [5.41, 5.74) is 10.1. The third-order valence-corrected chi connectivity index (χ3v) is 24.4. The van der Waals surface area contributed by atoms with Crippen LogP contribution in [0.4, 0.5) is 11.6 Å². The second-order valence-electron chi connectivity index (χ2n) is 24.4. The van der Waals surface area contributed by atoms with Crippen LogP contribution in [0.25, 0.3) is 22.3 Å². The number of ether oxygens (including phenoxy) is 7. The van der Waals surface area contributed by atoms with Crippen LogP contribution in [0.1, 0.15) is 79.4 Å². The maximum absolute atomic E-state index is 12.5. The lowest BCUT2D eigenvalue weighted by molar-refractivity contribution is -0.0979. The molecule has 26 heteroatoms. The van der Waals surface area contributed by atoms with Crippen molar-refractivity contribution in [2.45, 2.75) is 99.8 Å². The number of imidazole rings is 2. The third-order valence-electron chi connectivity index (χ3n) is 17.9. The molecule has 2 fully saturated rings. The van der Waals surface area contributed by atoms with Crippen LogP contribution in [-0.4, -0.2) is 118 Å². The number of fused-ring (bicyclic) bond motifs is 2. The summed E-state index contributed by atoms with van der Waals surface area (Å²) in [5, 5.41) is 3.60. The lowest BCUT2D eigenvalue weighted by Crippen LogP contribution is -2.44. The van der Waals surface area contributed by atoms with Crippen molar-refractivity contribution in [2.75, 3.05) is 52.7 Å². The van der Waals surface area contributed by atoms with Crippen LogP contribution in [0, 0.1) is 0 Å². The first-order chi connectivity index (χ1) is 45.1. The zero-order chi connectivity index (χ0) is 66.2. The second-order valence-corrected chi connectivity index (χ2v) is 32.7. The predicted molar refractivity (Wildman–Crippen MR) is 366 cm³/mol. The molecule has 6 aromatic carbocycles. The summed E-state index contributed by atoms with van der Waals surface area (Å²) in [5.74, 6) is 3.09. The lowest BCUT2D eigenvalue weighted by Gasteiger charge is -2.39. The fourth-order valence-corrected chi connectivity index (χ4v) is 14.8. The molecule has 2 aliphatic rings. The van der Waals surface area contributed by atoms with Gasteiger partial charge in [-0.2, -0.15) is 19.9 Å². The summed E-state index contributed by atoms with van der Waals surface area (Å²) in [7, 11) is 4.15. The Balaban J connectivity index is 0.937. The van der Waals surface area contributed by atoms with Crippen LogP contribution in [0.15, 0.2) is 170 Å². The van der Waals surface area contributed by atoms with Crippen LogP contribution < -0.4 is 30.0 Å². The largest absolute Gasteiger partial charge is 0.497 e. The molecule has 0 saturated carbocycles. The number of nitrogens with one attached hydrogen (secondary N) is 1. The molecule has 1 unspecified atom stereocenters. The molecule has 6 heterocycles. The quantitative estimate of drug-likeness (QED) is 0.0221. The molecule has 0 radical (unpaired) electrons. The van der Waals surface area contributed by atoms with Crippen LogP contribution in [0.5, 0.6) is 23.0 Å². The molecule has 2 saturated heterocycles. The van der Waals surface area contributed by atoms with Gasteiger partial charge in [-0.1, -0.05) is 130 Å². The van der Waals surface area contributed by atoms with E-state index >= 15 is 0 Å². The van der Waals surface area contributed by atoms with Gasteiger partial charge in [-0.25, -0.2) is 9.97 Å².